The van der Waals surface area contributed by atoms with Gasteiger partial charge in [-0.1, -0.05) is 24.3 Å². The number of furan rings is 2. The van der Waals surface area contributed by atoms with Crippen LogP contribution >= 0.6 is 0 Å². The second-order valence-electron chi connectivity index (χ2n) is 8.57. The average Bonchev–Trinajstić information content (AvgIpc) is 3.66. The number of nitrogens with one attached hydrogen (secondary N) is 4. The Morgan fingerprint density at radius 2 is 1.00 bits per heavy atom. The largest absolute Gasteiger partial charge is 0.467 e. The van der Waals surface area contributed by atoms with Crippen molar-refractivity contribution in [3.8, 4) is 0 Å². The van der Waals surface area contributed by atoms with Gasteiger partial charge in [0.2, 0.25) is 11.8 Å². The zero-order valence-electron chi connectivity index (χ0n) is 21.1. The van der Waals surface area contributed by atoms with Gasteiger partial charge in [-0.2, -0.15) is 0 Å². The Hall–Kier alpha value is -5.12. The van der Waals surface area contributed by atoms with Crippen molar-refractivity contribution in [3.63, 3.8) is 0 Å². The summed E-state index contributed by atoms with van der Waals surface area (Å²) in [4.78, 5) is 50.3. The molecule has 0 bridgehead atoms. The standard InChI is InChI=1S/C29H28N4O6/c34-26(32-24-12-3-1-10-22(24)28(36)30-18-20-8-6-16-38-20)14-5-15-27(35)33-25-13-4-2-11-23(25)29(37)31-19-21-9-7-17-39-21/h1-4,6-13,16-17H,5,14-15,18-19H2,(H,30,36)(H,31,37)(H,32,34)(H,33,35). The topological polar surface area (TPSA) is 143 Å². The van der Waals surface area contributed by atoms with Crippen LogP contribution in [0.4, 0.5) is 11.4 Å². The maximum absolute atomic E-state index is 12.6. The molecule has 10 heteroatoms. The van der Waals surface area contributed by atoms with Crippen LogP contribution in [0.25, 0.3) is 0 Å². The summed E-state index contributed by atoms with van der Waals surface area (Å²) in [5, 5.41) is 11.0. The summed E-state index contributed by atoms with van der Waals surface area (Å²) in [6.07, 6.45) is 3.46. The van der Waals surface area contributed by atoms with E-state index in [-0.39, 0.29) is 56.0 Å². The smallest absolute Gasteiger partial charge is 0.253 e. The highest BCUT2D eigenvalue weighted by molar-refractivity contribution is 6.05. The molecule has 200 valence electrons. The van der Waals surface area contributed by atoms with Gasteiger partial charge in [0.05, 0.1) is 48.1 Å². The molecule has 4 rings (SSSR count). The van der Waals surface area contributed by atoms with Gasteiger partial charge in [-0.3, -0.25) is 19.2 Å². The van der Waals surface area contributed by atoms with E-state index in [2.05, 4.69) is 21.3 Å². The molecule has 2 aromatic heterocycles. The molecule has 0 atom stereocenters. The van der Waals surface area contributed by atoms with E-state index in [1.54, 1.807) is 72.8 Å². The lowest BCUT2D eigenvalue weighted by molar-refractivity contribution is -0.117. The first kappa shape index (κ1) is 26.9. The van der Waals surface area contributed by atoms with Crippen molar-refractivity contribution < 1.29 is 28.0 Å². The van der Waals surface area contributed by atoms with Crippen molar-refractivity contribution in [3.05, 3.63) is 108 Å². The van der Waals surface area contributed by atoms with E-state index in [0.717, 1.165) is 0 Å². The maximum atomic E-state index is 12.6. The van der Waals surface area contributed by atoms with Gasteiger partial charge in [0.15, 0.2) is 0 Å². The van der Waals surface area contributed by atoms with Crippen LogP contribution in [0.1, 0.15) is 51.5 Å². The van der Waals surface area contributed by atoms with Crippen LogP contribution in [-0.2, 0) is 22.7 Å². The third-order valence-electron chi connectivity index (χ3n) is 5.71. The van der Waals surface area contributed by atoms with Crippen molar-refractivity contribution in [2.24, 2.45) is 0 Å². The summed E-state index contributed by atoms with van der Waals surface area (Å²) in [7, 11) is 0. The number of carbonyl (C=O) groups excluding carboxylic acids is 4. The fraction of sp³-hybridized carbons (Fsp3) is 0.172. The molecule has 4 aromatic rings. The van der Waals surface area contributed by atoms with Gasteiger partial charge < -0.3 is 30.1 Å². The first-order valence-corrected chi connectivity index (χ1v) is 12.4. The summed E-state index contributed by atoms with van der Waals surface area (Å²) in [5.74, 6) is -0.138. The Bertz CT molecular complexity index is 1310. The van der Waals surface area contributed by atoms with E-state index in [1.165, 1.54) is 12.5 Å². The number of benzene rings is 2. The molecule has 2 aromatic carbocycles. The lowest BCUT2D eigenvalue weighted by Crippen LogP contribution is -2.25. The number of rotatable bonds is 12. The number of carbonyl (C=O) groups is 4. The fourth-order valence-corrected chi connectivity index (χ4v) is 3.77. The maximum Gasteiger partial charge on any atom is 0.253 e. The van der Waals surface area contributed by atoms with Crippen LogP contribution in [0, 0.1) is 0 Å². The summed E-state index contributed by atoms with van der Waals surface area (Å²) in [6.45, 7) is 0.440. The predicted molar refractivity (Wildman–Crippen MR) is 144 cm³/mol. The van der Waals surface area contributed by atoms with Crippen LogP contribution in [0.15, 0.2) is 94.2 Å². The van der Waals surface area contributed by atoms with Crippen LogP contribution < -0.4 is 21.3 Å². The number of para-hydroxylation sites is 2. The molecule has 0 unspecified atom stereocenters. The van der Waals surface area contributed by atoms with Crippen molar-refractivity contribution in [2.75, 3.05) is 10.6 Å². The Balaban J connectivity index is 1.24. The Kier molecular flexibility index (Phi) is 9.27. The molecule has 0 aliphatic heterocycles. The molecular weight excluding hydrogens is 500 g/mol. The molecule has 4 N–H and O–H groups in total. The minimum Gasteiger partial charge on any atom is -0.467 e. The van der Waals surface area contributed by atoms with Gasteiger partial charge in [0, 0.05) is 12.8 Å². The Morgan fingerprint density at radius 3 is 1.41 bits per heavy atom. The van der Waals surface area contributed by atoms with Crippen molar-refractivity contribution >= 4 is 35.0 Å². The summed E-state index contributed by atoms with van der Waals surface area (Å²) in [6, 6.07) is 20.3. The minimum atomic E-state index is -0.353. The number of amides is 4. The van der Waals surface area contributed by atoms with E-state index in [9.17, 15) is 19.2 Å². The summed E-state index contributed by atoms with van der Waals surface area (Å²) < 4.78 is 10.4. The molecule has 10 nitrogen and oxygen atoms in total. The predicted octanol–water partition coefficient (Wildman–Crippen LogP) is 4.48. The molecule has 2 heterocycles. The van der Waals surface area contributed by atoms with Crippen molar-refractivity contribution in [2.45, 2.75) is 32.4 Å². The first-order chi connectivity index (χ1) is 19.0. The van der Waals surface area contributed by atoms with Crippen LogP contribution in [0.5, 0.6) is 0 Å². The van der Waals surface area contributed by atoms with E-state index in [1.807, 2.05) is 0 Å². The molecular formula is C29H28N4O6. The number of anilines is 2. The van der Waals surface area contributed by atoms with Gasteiger partial charge in [-0.05, 0) is 55.0 Å². The van der Waals surface area contributed by atoms with Gasteiger partial charge in [-0.15, -0.1) is 0 Å². The summed E-state index contributed by atoms with van der Waals surface area (Å²) >= 11 is 0. The molecule has 0 saturated carbocycles. The highest BCUT2D eigenvalue weighted by Gasteiger charge is 2.16. The van der Waals surface area contributed by atoms with E-state index in [0.29, 0.717) is 34.0 Å². The second kappa shape index (κ2) is 13.4. The lowest BCUT2D eigenvalue weighted by Gasteiger charge is -2.12. The van der Waals surface area contributed by atoms with E-state index in [4.69, 9.17) is 8.83 Å². The third kappa shape index (κ3) is 7.93. The molecule has 0 aliphatic rings. The zero-order chi connectivity index (χ0) is 27.5. The van der Waals surface area contributed by atoms with Crippen molar-refractivity contribution in [1.29, 1.82) is 0 Å². The van der Waals surface area contributed by atoms with E-state index < -0.39 is 0 Å². The molecule has 0 saturated heterocycles. The SMILES string of the molecule is O=C(CCCC(=O)Nc1ccccc1C(=O)NCc1ccco1)Nc1ccccc1C(=O)NCc1ccco1. The normalized spacial score (nSPS) is 10.5. The highest BCUT2D eigenvalue weighted by Crippen LogP contribution is 2.18. The monoisotopic (exact) mass is 528 g/mol. The quantitative estimate of drug-likeness (QED) is 0.214. The van der Waals surface area contributed by atoms with Gasteiger partial charge >= 0.3 is 0 Å². The Labute approximate surface area is 224 Å². The third-order valence-corrected chi connectivity index (χ3v) is 5.71. The van der Waals surface area contributed by atoms with Gasteiger partial charge in [-0.25, -0.2) is 0 Å². The molecule has 39 heavy (non-hydrogen) atoms. The molecule has 0 radical (unpaired) electrons. The van der Waals surface area contributed by atoms with Crippen LogP contribution in [0.3, 0.4) is 0 Å². The fourth-order valence-electron chi connectivity index (χ4n) is 3.77. The average molecular weight is 529 g/mol. The highest BCUT2D eigenvalue weighted by atomic mass is 16.3. The minimum absolute atomic E-state index is 0.0705. The van der Waals surface area contributed by atoms with Gasteiger partial charge in [0.1, 0.15) is 11.5 Å². The Morgan fingerprint density at radius 1 is 0.564 bits per heavy atom. The molecule has 0 spiro atoms. The van der Waals surface area contributed by atoms with Crippen molar-refractivity contribution in [1.82, 2.24) is 10.6 Å². The first-order valence-electron chi connectivity index (χ1n) is 12.4. The number of hydrogen-bond donors (Lipinski definition) is 4. The van der Waals surface area contributed by atoms with Crippen LogP contribution in [0.2, 0.25) is 0 Å². The zero-order valence-corrected chi connectivity index (χ0v) is 21.1. The van der Waals surface area contributed by atoms with E-state index >= 15 is 0 Å². The molecule has 0 aliphatic carbocycles. The summed E-state index contributed by atoms with van der Waals surface area (Å²) in [5.41, 5.74) is 1.38. The second-order valence-corrected chi connectivity index (χ2v) is 8.57. The molecule has 0 fully saturated rings. The van der Waals surface area contributed by atoms with Crippen LogP contribution in [-0.4, -0.2) is 23.6 Å². The number of hydrogen-bond acceptors (Lipinski definition) is 6. The van der Waals surface area contributed by atoms with Gasteiger partial charge in [0.25, 0.3) is 11.8 Å². The molecule has 4 amide bonds. The lowest BCUT2D eigenvalue weighted by atomic mass is 10.1.